The van der Waals surface area contributed by atoms with Gasteiger partial charge in [-0.1, -0.05) is 30.3 Å². The highest BCUT2D eigenvalue weighted by Crippen LogP contribution is 2.34. The molecule has 0 aliphatic carbocycles. The largest absolute Gasteiger partial charge is 0.482 e. The van der Waals surface area contributed by atoms with Crippen LogP contribution in [0.5, 0.6) is 5.75 Å². The van der Waals surface area contributed by atoms with Gasteiger partial charge in [-0.05, 0) is 55.0 Å². The summed E-state index contributed by atoms with van der Waals surface area (Å²) in [6.07, 6.45) is 0. The van der Waals surface area contributed by atoms with E-state index < -0.39 is 0 Å². The lowest BCUT2D eigenvalue weighted by molar-refractivity contribution is -0.121. The van der Waals surface area contributed by atoms with Gasteiger partial charge in [-0.15, -0.1) is 0 Å². The summed E-state index contributed by atoms with van der Waals surface area (Å²) in [6.45, 7) is 1.85. The van der Waals surface area contributed by atoms with Gasteiger partial charge >= 0.3 is 0 Å². The fourth-order valence-electron chi connectivity index (χ4n) is 3.27. The van der Waals surface area contributed by atoms with Gasteiger partial charge in [0.1, 0.15) is 5.75 Å². The number of carbonyl (C=O) groups excluding carboxylic acids is 3. The molecule has 1 aliphatic rings. The molecule has 0 saturated carbocycles. The number of amides is 2. The van der Waals surface area contributed by atoms with Gasteiger partial charge in [0.2, 0.25) is 0 Å². The zero-order valence-corrected chi connectivity index (χ0v) is 16.4. The molecule has 1 heterocycles. The van der Waals surface area contributed by atoms with E-state index in [2.05, 4.69) is 5.32 Å². The van der Waals surface area contributed by atoms with E-state index >= 15 is 0 Å². The standard InChI is InChI=1S/C24H20N2O4/c1-16(27)18-7-10-20(11-8-18)25-24(29)19-9-12-22-21(13-19)26(23(28)15-30-22)14-17-5-3-2-4-6-17/h2-13H,14-15H2,1H3,(H,25,29). The van der Waals surface area contributed by atoms with Crippen LogP contribution < -0.4 is 15.0 Å². The van der Waals surface area contributed by atoms with Crippen LogP contribution in [0, 0.1) is 0 Å². The van der Waals surface area contributed by atoms with Gasteiger partial charge in [0, 0.05) is 16.8 Å². The summed E-state index contributed by atoms with van der Waals surface area (Å²) in [5.41, 5.74) is 3.11. The lowest BCUT2D eigenvalue weighted by atomic mass is 10.1. The fourth-order valence-corrected chi connectivity index (χ4v) is 3.27. The zero-order valence-electron chi connectivity index (χ0n) is 16.4. The summed E-state index contributed by atoms with van der Waals surface area (Å²) < 4.78 is 5.54. The quantitative estimate of drug-likeness (QED) is 0.655. The minimum atomic E-state index is -0.314. The predicted molar refractivity (Wildman–Crippen MR) is 114 cm³/mol. The molecule has 6 heteroatoms. The first kappa shape index (κ1) is 19.4. The molecule has 0 aromatic heterocycles. The van der Waals surface area contributed by atoms with Gasteiger partial charge in [-0.25, -0.2) is 0 Å². The Morgan fingerprint density at radius 1 is 0.967 bits per heavy atom. The van der Waals surface area contributed by atoms with E-state index in [0.717, 1.165) is 5.56 Å². The van der Waals surface area contributed by atoms with Crippen LogP contribution >= 0.6 is 0 Å². The molecule has 0 atom stereocenters. The Balaban J connectivity index is 1.57. The van der Waals surface area contributed by atoms with Crippen molar-refractivity contribution in [1.29, 1.82) is 0 Å². The highest BCUT2D eigenvalue weighted by Gasteiger charge is 2.26. The van der Waals surface area contributed by atoms with Crippen LogP contribution in [0.15, 0.2) is 72.8 Å². The van der Waals surface area contributed by atoms with Crippen molar-refractivity contribution >= 4 is 29.0 Å². The number of nitrogens with one attached hydrogen (secondary N) is 1. The van der Waals surface area contributed by atoms with Gasteiger partial charge in [0.25, 0.3) is 11.8 Å². The second kappa shape index (κ2) is 8.21. The number of benzene rings is 3. The van der Waals surface area contributed by atoms with Gasteiger partial charge in [0.05, 0.1) is 12.2 Å². The molecule has 2 amide bonds. The van der Waals surface area contributed by atoms with Crippen molar-refractivity contribution in [2.75, 3.05) is 16.8 Å². The second-order valence-electron chi connectivity index (χ2n) is 7.02. The van der Waals surface area contributed by atoms with Gasteiger partial charge in [0.15, 0.2) is 12.4 Å². The number of carbonyl (C=O) groups is 3. The summed E-state index contributed by atoms with van der Waals surface area (Å²) in [5, 5.41) is 2.81. The molecule has 3 aromatic carbocycles. The number of ketones is 1. The van der Waals surface area contributed by atoms with Gasteiger partial charge < -0.3 is 15.0 Å². The Kier molecular flexibility index (Phi) is 5.30. The van der Waals surface area contributed by atoms with Crippen LogP contribution in [0.1, 0.15) is 33.2 Å². The Labute approximate surface area is 174 Å². The van der Waals surface area contributed by atoms with E-state index in [1.165, 1.54) is 6.92 Å². The normalized spacial score (nSPS) is 12.7. The number of rotatable bonds is 5. The van der Waals surface area contributed by atoms with E-state index in [9.17, 15) is 14.4 Å². The van der Waals surface area contributed by atoms with Crippen LogP contribution in [-0.4, -0.2) is 24.2 Å². The smallest absolute Gasteiger partial charge is 0.265 e. The molecule has 0 spiro atoms. The summed E-state index contributed by atoms with van der Waals surface area (Å²) >= 11 is 0. The predicted octanol–water partition coefficient (Wildman–Crippen LogP) is 4.07. The number of ether oxygens (including phenoxy) is 1. The Morgan fingerprint density at radius 3 is 2.37 bits per heavy atom. The number of nitrogens with zero attached hydrogens (tertiary/aromatic N) is 1. The summed E-state index contributed by atoms with van der Waals surface area (Å²) in [5.74, 6) is 0.0495. The molecule has 3 aromatic rings. The van der Waals surface area contributed by atoms with Crippen LogP contribution in [0.25, 0.3) is 0 Å². The van der Waals surface area contributed by atoms with Crippen molar-refractivity contribution in [2.45, 2.75) is 13.5 Å². The number of hydrogen-bond acceptors (Lipinski definition) is 4. The molecule has 1 N–H and O–H groups in total. The van der Waals surface area contributed by atoms with Crippen LogP contribution in [0.4, 0.5) is 11.4 Å². The summed E-state index contributed by atoms with van der Waals surface area (Å²) in [7, 11) is 0. The molecule has 0 bridgehead atoms. The van der Waals surface area contributed by atoms with Crippen LogP contribution in [-0.2, 0) is 11.3 Å². The van der Waals surface area contributed by atoms with Crippen molar-refractivity contribution in [1.82, 2.24) is 0 Å². The van der Waals surface area contributed by atoms with E-state index in [-0.39, 0.29) is 24.2 Å². The number of anilines is 2. The Hall–Kier alpha value is -3.93. The first-order chi connectivity index (χ1) is 14.5. The highest BCUT2D eigenvalue weighted by atomic mass is 16.5. The molecule has 4 rings (SSSR count). The lowest BCUT2D eigenvalue weighted by Crippen LogP contribution is -2.38. The van der Waals surface area contributed by atoms with E-state index in [0.29, 0.717) is 34.8 Å². The minimum Gasteiger partial charge on any atom is -0.482 e. The molecule has 30 heavy (non-hydrogen) atoms. The first-order valence-corrected chi connectivity index (χ1v) is 9.55. The average molecular weight is 400 g/mol. The lowest BCUT2D eigenvalue weighted by Gasteiger charge is -2.29. The van der Waals surface area contributed by atoms with Crippen LogP contribution in [0.2, 0.25) is 0 Å². The maximum Gasteiger partial charge on any atom is 0.265 e. The maximum absolute atomic E-state index is 12.7. The van der Waals surface area contributed by atoms with Crippen LogP contribution in [0.3, 0.4) is 0 Å². The summed E-state index contributed by atoms with van der Waals surface area (Å²) in [6, 6.07) is 21.4. The topological polar surface area (TPSA) is 75.7 Å². The van der Waals surface area contributed by atoms with Crippen molar-refractivity contribution in [3.63, 3.8) is 0 Å². The third kappa shape index (κ3) is 4.07. The molecule has 150 valence electrons. The molecular weight excluding hydrogens is 380 g/mol. The first-order valence-electron chi connectivity index (χ1n) is 9.55. The number of Topliss-reactive ketones (excluding diaryl/α,β-unsaturated/α-hetero) is 1. The van der Waals surface area contributed by atoms with Crippen molar-refractivity contribution in [3.05, 3.63) is 89.5 Å². The molecule has 0 radical (unpaired) electrons. The molecule has 0 unspecified atom stereocenters. The average Bonchev–Trinajstić information content (AvgIpc) is 2.76. The zero-order chi connectivity index (χ0) is 21.1. The van der Waals surface area contributed by atoms with Crippen molar-refractivity contribution in [2.24, 2.45) is 0 Å². The number of fused-ring (bicyclic) bond motifs is 1. The minimum absolute atomic E-state index is 0.0339. The fraction of sp³-hybridized carbons (Fsp3) is 0.125. The third-order valence-electron chi connectivity index (χ3n) is 4.90. The third-order valence-corrected chi connectivity index (χ3v) is 4.90. The van der Waals surface area contributed by atoms with E-state index in [1.807, 2.05) is 30.3 Å². The second-order valence-corrected chi connectivity index (χ2v) is 7.02. The van der Waals surface area contributed by atoms with Gasteiger partial charge in [-0.2, -0.15) is 0 Å². The molecule has 0 saturated heterocycles. The Morgan fingerprint density at radius 2 is 1.67 bits per heavy atom. The van der Waals surface area contributed by atoms with E-state index in [4.69, 9.17) is 4.74 Å². The van der Waals surface area contributed by atoms with Gasteiger partial charge in [-0.3, -0.25) is 14.4 Å². The Bertz CT molecular complexity index is 1110. The van der Waals surface area contributed by atoms with Crippen molar-refractivity contribution < 1.29 is 19.1 Å². The molecule has 1 aliphatic heterocycles. The van der Waals surface area contributed by atoms with Crippen molar-refractivity contribution in [3.8, 4) is 5.75 Å². The SMILES string of the molecule is CC(=O)c1ccc(NC(=O)c2ccc3c(c2)N(Cc2ccccc2)C(=O)CO3)cc1. The monoisotopic (exact) mass is 400 g/mol. The highest BCUT2D eigenvalue weighted by molar-refractivity contribution is 6.07. The molecule has 6 nitrogen and oxygen atoms in total. The molecular formula is C24H20N2O4. The maximum atomic E-state index is 12.7. The van der Waals surface area contributed by atoms with E-state index in [1.54, 1.807) is 47.4 Å². The molecule has 0 fully saturated rings. The summed E-state index contributed by atoms with van der Waals surface area (Å²) in [4.78, 5) is 38.3. The number of hydrogen-bond donors (Lipinski definition) is 1.